The normalized spacial score (nSPS) is 23.7. The molecule has 0 saturated heterocycles. The van der Waals surface area contributed by atoms with E-state index in [2.05, 4.69) is 10.3 Å². The molecule has 1 aromatic rings. The molecule has 1 unspecified atom stereocenters. The van der Waals surface area contributed by atoms with E-state index in [9.17, 15) is 4.39 Å². The minimum absolute atomic E-state index is 0.267. The number of nitrogens with zero attached hydrogens (tertiary/aromatic N) is 1. The van der Waals surface area contributed by atoms with Crippen molar-refractivity contribution in [2.24, 2.45) is 16.5 Å². The summed E-state index contributed by atoms with van der Waals surface area (Å²) in [5.74, 6) is -0.793. The van der Waals surface area contributed by atoms with Gasteiger partial charge in [-0.05, 0) is 31.5 Å². The third-order valence-corrected chi connectivity index (χ3v) is 3.06. The predicted octanol–water partition coefficient (Wildman–Crippen LogP) is 1.24. The van der Waals surface area contributed by atoms with Crippen LogP contribution in [0.4, 0.5) is 4.39 Å². The molecule has 1 heterocycles. The van der Waals surface area contributed by atoms with Crippen molar-refractivity contribution in [3.8, 4) is 0 Å². The maximum atomic E-state index is 12.8. The Morgan fingerprint density at radius 1 is 1.28 bits per heavy atom. The zero-order valence-electron chi connectivity index (χ0n) is 10.5. The summed E-state index contributed by atoms with van der Waals surface area (Å²) in [6.45, 7) is 3.79. The van der Waals surface area contributed by atoms with Gasteiger partial charge in [0.05, 0.1) is 0 Å². The van der Waals surface area contributed by atoms with Crippen LogP contribution in [0.2, 0.25) is 0 Å². The Morgan fingerprint density at radius 2 is 1.89 bits per heavy atom. The molecule has 1 aliphatic heterocycles. The number of benzene rings is 1. The number of nitrogens with one attached hydrogen (secondary N) is 1. The fourth-order valence-electron chi connectivity index (χ4n) is 1.93. The largest absolute Gasteiger partial charge is 0.384 e. The van der Waals surface area contributed by atoms with Crippen molar-refractivity contribution in [3.63, 3.8) is 0 Å². The summed E-state index contributed by atoms with van der Waals surface area (Å²) in [5, 5.41) is 3.13. The van der Waals surface area contributed by atoms with E-state index in [1.807, 2.05) is 13.8 Å². The number of halogens is 1. The molecule has 2 rings (SSSR count). The summed E-state index contributed by atoms with van der Waals surface area (Å²) in [5.41, 5.74) is 14.7. The van der Waals surface area contributed by atoms with Gasteiger partial charge in [-0.1, -0.05) is 12.1 Å². The fraction of sp³-hybridized carbons (Fsp3) is 0.308. The molecule has 5 heteroatoms. The number of hydrogen-bond acceptors (Lipinski definition) is 4. The molecule has 5 N–H and O–H groups in total. The van der Waals surface area contributed by atoms with E-state index in [0.29, 0.717) is 12.3 Å². The molecule has 0 fully saturated rings. The summed E-state index contributed by atoms with van der Waals surface area (Å²) < 4.78 is 12.8. The first-order valence-corrected chi connectivity index (χ1v) is 5.74. The van der Waals surface area contributed by atoms with E-state index in [4.69, 9.17) is 11.5 Å². The minimum atomic E-state index is -0.967. The number of nitrogens with two attached hydrogens (primary N) is 2. The maximum absolute atomic E-state index is 12.8. The molecule has 96 valence electrons. The first kappa shape index (κ1) is 12.6. The third kappa shape index (κ3) is 2.51. The lowest BCUT2D eigenvalue weighted by molar-refractivity contribution is 0.374. The summed E-state index contributed by atoms with van der Waals surface area (Å²) >= 11 is 0. The van der Waals surface area contributed by atoms with E-state index in [0.717, 1.165) is 16.8 Å². The lowest BCUT2D eigenvalue weighted by atomic mass is 10.0. The lowest BCUT2D eigenvalue weighted by Gasteiger charge is -2.33. The van der Waals surface area contributed by atoms with Crippen molar-refractivity contribution < 1.29 is 4.39 Å². The van der Waals surface area contributed by atoms with Crippen LogP contribution in [0.15, 0.2) is 40.5 Å². The molecule has 1 aromatic carbocycles. The van der Waals surface area contributed by atoms with Crippen LogP contribution in [0.5, 0.6) is 0 Å². The topological polar surface area (TPSA) is 76.4 Å². The van der Waals surface area contributed by atoms with Crippen LogP contribution in [0, 0.1) is 5.82 Å². The number of rotatable bonds is 2. The maximum Gasteiger partial charge on any atom is 0.188 e. The highest BCUT2D eigenvalue weighted by Crippen LogP contribution is 2.18. The van der Waals surface area contributed by atoms with Crippen LogP contribution in [-0.4, -0.2) is 11.6 Å². The van der Waals surface area contributed by atoms with Gasteiger partial charge in [-0.25, -0.2) is 9.38 Å². The van der Waals surface area contributed by atoms with Gasteiger partial charge in [-0.3, -0.25) is 5.73 Å². The van der Waals surface area contributed by atoms with Gasteiger partial charge in [-0.2, -0.15) is 0 Å². The van der Waals surface area contributed by atoms with E-state index in [1.165, 1.54) is 12.1 Å². The van der Waals surface area contributed by atoms with E-state index in [-0.39, 0.29) is 5.82 Å². The monoisotopic (exact) mass is 248 g/mol. The van der Waals surface area contributed by atoms with Crippen molar-refractivity contribution in [3.05, 3.63) is 46.9 Å². The number of aliphatic imine (C=N–C) groups is 1. The molecule has 1 atom stereocenters. The Labute approximate surface area is 106 Å². The second-order valence-electron chi connectivity index (χ2n) is 4.60. The Balaban J connectivity index is 2.22. The van der Waals surface area contributed by atoms with Gasteiger partial charge >= 0.3 is 0 Å². The fourth-order valence-corrected chi connectivity index (χ4v) is 1.93. The number of hydrogen-bond donors (Lipinski definition) is 3. The van der Waals surface area contributed by atoms with Gasteiger partial charge in [0.2, 0.25) is 0 Å². The molecule has 1 aliphatic rings. The highest BCUT2D eigenvalue weighted by molar-refractivity contribution is 5.97. The van der Waals surface area contributed by atoms with Crippen molar-refractivity contribution >= 4 is 5.84 Å². The molecule has 18 heavy (non-hydrogen) atoms. The van der Waals surface area contributed by atoms with Gasteiger partial charge in [0.15, 0.2) is 5.79 Å². The number of allylic oxidation sites excluding steroid dienone is 1. The highest BCUT2D eigenvalue weighted by Gasteiger charge is 2.29. The molecule has 4 nitrogen and oxygen atoms in total. The van der Waals surface area contributed by atoms with E-state index in [1.54, 1.807) is 12.1 Å². The zero-order valence-corrected chi connectivity index (χ0v) is 10.5. The summed E-state index contributed by atoms with van der Waals surface area (Å²) in [6.07, 6.45) is 0.443. The van der Waals surface area contributed by atoms with Crippen molar-refractivity contribution in [2.75, 3.05) is 0 Å². The molecule has 0 radical (unpaired) electrons. The molecule has 0 amide bonds. The molecular formula is C13H17FN4. The summed E-state index contributed by atoms with van der Waals surface area (Å²) in [6, 6.07) is 6.20. The molecule has 0 aromatic heterocycles. The van der Waals surface area contributed by atoms with Gasteiger partial charge in [0.25, 0.3) is 0 Å². The molecule has 0 aliphatic carbocycles. The van der Waals surface area contributed by atoms with Gasteiger partial charge in [-0.15, -0.1) is 0 Å². The Morgan fingerprint density at radius 3 is 2.44 bits per heavy atom. The smallest absolute Gasteiger partial charge is 0.188 e. The van der Waals surface area contributed by atoms with Crippen LogP contribution in [0.25, 0.3) is 0 Å². The second-order valence-corrected chi connectivity index (χ2v) is 4.60. The SMILES string of the molecule is CC1=C(C)C(N)=NC(N)(Cc2ccc(F)cc2)N1. The first-order chi connectivity index (χ1) is 8.39. The predicted molar refractivity (Wildman–Crippen MR) is 70.2 cm³/mol. The van der Waals surface area contributed by atoms with Gasteiger partial charge in [0.1, 0.15) is 11.7 Å². The number of amidine groups is 1. The Hall–Kier alpha value is -1.88. The first-order valence-electron chi connectivity index (χ1n) is 5.74. The van der Waals surface area contributed by atoms with Crippen LogP contribution >= 0.6 is 0 Å². The average molecular weight is 248 g/mol. The summed E-state index contributed by atoms with van der Waals surface area (Å²) in [4.78, 5) is 4.27. The quantitative estimate of drug-likeness (QED) is 0.737. The molecule has 0 saturated carbocycles. The van der Waals surface area contributed by atoms with Gasteiger partial charge < -0.3 is 11.1 Å². The minimum Gasteiger partial charge on any atom is -0.384 e. The van der Waals surface area contributed by atoms with E-state index >= 15 is 0 Å². The van der Waals surface area contributed by atoms with Crippen molar-refractivity contribution in [1.82, 2.24) is 5.32 Å². The van der Waals surface area contributed by atoms with Crippen LogP contribution in [-0.2, 0) is 6.42 Å². The van der Waals surface area contributed by atoms with Crippen LogP contribution < -0.4 is 16.8 Å². The van der Waals surface area contributed by atoms with Crippen LogP contribution in [0.1, 0.15) is 19.4 Å². The van der Waals surface area contributed by atoms with Crippen molar-refractivity contribution in [2.45, 2.75) is 26.1 Å². The molecular weight excluding hydrogens is 231 g/mol. The zero-order chi connectivity index (χ0) is 13.3. The van der Waals surface area contributed by atoms with Crippen molar-refractivity contribution in [1.29, 1.82) is 0 Å². The average Bonchev–Trinajstić information content (AvgIpc) is 2.29. The molecule has 0 bridgehead atoms. The standard InChI is InChI=1S/C13H17FN4/c1-8-9(2)17-13(16,18-12(8)15)7-10-3-5-11(14)6-4-10/h3-6,17H,7,16H2,1-2H3,(H2,15,18). The highest BCUT2D eigenvalue weighted by atomic mass is 19.1. The Bertz CT molecular complexity index is 518. The summed E-state index contributed by atoms with van der Waals surface area (Å²) in [7, 11) is 0. The van der Waals surface area contributed by atoms with Crippen LogP contribution in [0.3, 0.4) is 0 Å². The lowest BCUT2D eigenvalue weighted by Crippen LogP contribution is -2.56. The van der Waals surface area contributed by atoms with Gasteiger partial charge in [0, 0.05) is 17.7 Å². The molecule has 0 spiro atoms. The third-order valence-electron chi connectivity index (χ3n) is 3.06. The van der Waals surface area contributed by atoms with E-state index < -0.39 is 5.79 Å². The second kappa shape index (κ2) is 4.42. The Kier molecular flexibility index (Phi) is 3.09.